The molecule has 0 spiro atoms. The van der Waals surface area contributed by atoms with Gasteiger partial charge in [0.25, 0.3) is 5.56 Å². The molecule has 1 N–H and O–H groups in total. The van der Waals surface area contributed by atoms with Gasteiger partial charge >= 0.3 is 0 Å². The zero-order valence-electron chi connectivity index (χ0n) is 17.8. The topological polar surface area (TPSA) is 82.4 Å². The summed E-state index contributed by atoms with van der Waals surface area (Å²) in [6, 6.07) is 8.72. The number of aryl methyl sites for hydroxylation is 2. The first kappa shape index (κ1) is 18.5. The van der Waals surface area contributed by atoms with Gasteiger partial charge in [0.05, 0.1) is 34.0 Å². The van der Waals surface area contributed by atoms with E-state index in [-0.39, 0.29) is 5.56 Å². The second kappa shape index (κ2) is 6.88. The van der Waals surface area contributed by atoms with E-state index in [0.29, 0.717) is 22.4 Å². The monoisotopic (exact) mass is 415 g/mol. The highest BCUT2D eigenvalue weighted by Gasteiger charge is 2.31. The molecule has 8 heteroatoms. The van der Waals surface area contributed by atoms with Gasteiger partial charge in [0, 0.05) is 37.9 Å². The van der Waals surface area contributed by atoms with E-state index in [2.05, 4.69) is 30.9 Å². The zero-order chi connectivity index (χ0) is 21.1. The van der Waals surface area contributed by atoms with Crippen LogP contribution in [0, 0.1) is 13.8 Å². The fourth-order valence-corrected chi connectivity index (χ4v) is 4.64. The molecule has 158 valence electrons. The SMILES string of the molecule is Cc1cn2nc(-c3nc4ccc(N5CCN(C6CC6)CC5)cc4c(=O)[nH]3)cc2c(C)n1. The van der Waals surface area contributed by atoms with Crippen LogP contribution in [0.4, 0.5) is 5.69 Å². The number of hydrogen-bond donors (Lipinski definition) is 1. The van der Waals surface area contributed by atoms with Crippen LogP contribution in [0.2, 0.25) is 0 Å². The van der Waals surface area contributed by atoms with Crippen molar-refractivity contribution in [2.75, 3.05) is 31.1 Å². The van der Waals surface area contributed by atoms with Gasteiger partial charge in [-0.05, 0) is 51.0 Å². The number of aromatic amines is 1. The molecular weight excluding hydrogens is 390 g/mol. The molecule has 31 heavy (non-hydrogen) atoms. The highest BCUT2D eigenvalue weighted by Crippen LogP contribution is 2.29. The van der Waals surface area contributed by atoms with E-state index in [1.807, 2.05) is 38.2 Å². The summed E-state index contributed by atoms with van der Waals surface area (Å²) in [6.45, 7) is 8.08. The van der Waals surface area contributed by atoms with Gasteiger partial charge in [0.2, 0.25) is 0 Å². The van der Waals surface area contributed by atoms with Gasteiger partial charge in [-0.3, -0.25) is 14.7 Å². The number of hydrogen-bond acceptors (Lipinski definition) is 6. The molecule has 1 aliphatic carbocycles. The molecule has 1 aromatic carbocycles. The third kappa shape index (κ3) is 3.27. The maximum atomic E-state index is 12.9. The summed E-state index contributed by atoms with van der Waals surface area (Å²) in [5, 5.41) is 5.22. The summed E-state index contributed by atoms with van der Waals surface area (Å²) in [4.78, 5) is 30.0. The van der Waals surface area contributed by atoms with Crippen LogP contribution in [0.3, 0.4) is 0 Å². The second-order valence-corrected chi connectivity index (χ2v) is 8.70. The lowest BCUT2D eigenvalue weighted by molar-refractivity contribution is 0.248. The third-order valence-electron chi connectivity index (χ3n) is 6.43. The lowest BCUT2D eigenvalue weighted by Crippen LogP contribution is -2.47. The predicted octanol–water partition coefficient (Wildman–Crippen LogP) is 2.53. The Kier molecular flexibility index (Phi) is 4.11. The molecular formula is C23H25N7O. The Labute approximate surface area is 179 Å². The van der Waals surface area contributed by atoms with Crippen molar-refractivity contribution in [2.24, 2.45) is 0 Å². The molecule has 2 aliphatic rings. The number of rotatable bonds is 3. The molecule has 0 amide bonds. The first-order valence-electron chi connectivity index (χ1n) is 10.9. The molecule has 0 radical (unpaired) electrons. The molecule has 0 bridgehead atoms. The Bertz CT molecular complexity index is 1360. The Morgan fingerprint density at radius 2 is 1.84 bits per heavy atom. The van der Waals surface area contributed by atoms with Crippen molar-refractivity contribution in [1.82, 2.24) is 29.5 Å². The first-order valence-corrected chi connectivity index (χ1v) is 10.9. The first-order chi connectivity index (χ1) is 15.0. The van der Waals surface area contributed by atoms with Gasteiger partial charge in [-0.1, -0.05) is 0 Å². The van der Waals surface area contributed by atoms with Crippen LogP contribution in [-0.4, -0.2) is 61.7 Å². The molecule has 1 aliphatic heterocycles. The summed E-state index contributed by atoms with van der Waals surface area (Å²) in [5.41, 5.74) is 4.97. The Morgan fingerprint density at radius 1 is 1.03 bits per heavy atom. The number of anilines is 1. The summed E-state index contributed by atoms with van der Waals surface area (Å²) >= 11 is 0. The van der Waals surface area contributed by atoms with Crippen molar-refractivity contribution in [3.05, 3.63) is 52.2 Å². The fourth-order valence-electron chi connectivity index (χ4n) is 4.64. The minimum Gasteiger partial charge on any atom is -0.369 e. The summed E-state index contributed by atoms with van der Waals surface area (Å²) in [5.74, 6) is 0.476. The zero-order valence-corrected chi connectivity index (χ0v) is 17.8. The molecule has 2 fully saturated rings. The Morgan fingerprint density at radius 3 is 2.61 bits per heavy atom. The normalized spacial score (nSPS) is 17.7. The van der Waals surface area contributed by atoms with E-state index in [9.17, 15) is 4.79 Å². The van der Waals surface area contributed by atoms with Gasteiger partial charge in [-0.25, -0.2) is 9.50 Å². The molecule has 6 rings (SSSR count). The van der Waals surface area contributed by atoms with E-state index in [1.54, 1.807) is 4.52 Å². The number of benzene rings is 1. The molecule has 3 aromatic heterocycles. The molecule has 0 unspecified atom stereocenters. The average Bonchev–Trinajstić information content (AvgIpc) is 3.52. The number of nitrogens with zero attached hydrogens (tertiary/aromatic N) is 6. The average molecular weight is 416 g/mol. The van der Waals surface area contributed by atoms with Gasteiger partial charge in [0.1, 0.15) is 5.69 Å². The number of aromatic nitrogens is 5. The molecule has 4 aromatic rings. The lowest BCUT2D eigenvalue weighted by atomic mass is 10.2. The van der Waals surface area contributed by atoms with Gasteiger partial charge < -0.3 is 9.88 Å². The van der Waals surface area contributed by atoms with Crippen molar-refractivity contribution in [3.8, 4) is 11.5 Å². The van der Waals surface area contributed by atoms with Crippen LogP contribution in [-0.2, 0) is 0 Å². The molecule has 1 saturated heterocycles. The van der Waals surface area contributed by atoms with Crippen molar-refractivity contribution >= 4 is 22.1 Å². The quantitative estimate of drug-likeness (QED) is 0.554. The minimum absolute atomic E-state index is 0.137. The van der Waals surface area contributed by atoms with Crippen molar-refractivity contribution < 1.29 is 0 Å². The third-order valence-corrected chi connectivity index (χ3v) is 6.43. The van der Waals surface area contributed by atoms with Crippen LogP contribution in [0.1, 0.15) is 24.2 Å². The smallest absolute Gasteiger partial charge is 0.259 e. The summed E-state index contributed by atoms with van der Waals surface area (Å²) < 4.78 is 1.79. The van der Waals surface area contributed by atoms with Crippen LogP contribution in [0.15, 0.2) is 35.3 Å². The van der Waals surface area contributed by atoms with Crippen LogP contribution in [0.25, 0.3) is 27.9 Å². The summed E-state index contributed by atoms with van der Waals surface area (Å²) in [7, 11) is 0. The lowest BCUT2D eigenvalue weighted by Gasteiger charge is -2.36. The fraction of sp³-hybridized carbons (Fsp3) is 0.391. The predicted molar refractivity (Wildman–Crippen MR) is 121 cm³/mol. The van der Waals surface area contributed by atoms with E-state index >= 15 is 0 Å². The van der Waals surface area contributed by atoms with E-state index in [1.165, 1.54) is 12.8 Å². The number of nitrogens with one attached hydrogen (secondary N) is 1. The molecule has 4 heterocycles. The van der Waals surface area contributed by atoms with Crippen LogP contribution >= 0.6 is 0 Å². The van der Waals surface area contributed by atoms with E-state index < -0.39 is 0 Å². The number of fused-ring (bicyclic) bond motifs is 2. The van der Waals surface area contributed by atoms with E-state index in [4.69, 9.17) is 4.98 Å². The van der Waals surface area contributed by atoms with Crippen LogP contribution in [0.5, 0.6) is 0 Å². The van der Waals surface area contributed by atoms with Crippen LogP contribution < -0.4 is 10.5 Å². The Hall–Kier alpha value is -3.26. The minimum atomic E-state index is -0.137. The van der Waals surface area contributed by atoms with Crippen molar-refractivity contribution in [1.29, 1.82) is 0 Å². The second-order valence-electron chi connectivity index (χ2n) is 8.70. The largest absolute Gasteiger partial charge is 0.369 e. The van der Waals surface area contributed by atoms with Crippen molar-refractivity contribution in [2.45, 2.75) is 32.7 Å². The maximum Gasteiger partial charge on any atom is 0.259 e. The summed E-state index contributed by atoms with van der Waals surface area (Å²) in [6.07, 6.45) is 4.57. The van der Waals surface area contributed by atoms with Gasteiger partial charge in [0.15, 0.2) is 5.82 Å². The standard InChI is InChI=1S/C23H25N7O/c1-14-13-30-21(15(2)24-14)12-20(27-30)22-25-19-6-5-17(11-18(19)23(31)26-22)29-9-7-28(8-10-29)16-3-4-16/h5-6,11-13,16H,3-4,7-10H2,1-2H3,(H,25,26,31). The number of H-pyrrole nitrogens is 1. The number of piperazine rings is 1. The molecule has 8 nitrogen and oxygen atoms in total. The van der Waals surface area contributed by atoms with Gasteiger partial charge in [-0.15, -0.1) is 0 Å². The molecule has 1 saturated carbocycles. The highest BCUT2D eigenvalue weighted by atomic mass is 16.1. The molecule has 0 atom stereocenters. The van der Waals surface area contributed by atoms with Crippen molar-refractivity contribution in [3.63, 3.8) is 0 Å². The van der Waals surface area contributed by atoms with E-state index in [0.717, 1.165) is 54.8 Å². The highest BCUT2D eigenvalue weighted by molar-refractivity contribution is 5.83. The Balaban J connectivity index is 1.33. The maximum absolute atomic E-state index is 12.9. The van der Waals surface area contributed by atoms with Gasteiger partial charge in [-0.2, -0.15) is 5.10 Å².